The van der Waals surface area contributed by atoms with Crippen LogP contribution in [0.5, 0.6) is 0 Å². The summed E-state index contributed by atoms with van der Waals surface area (Å²) in [6.45, 7) is 1.59. The van der Waals surface area contributed by atoms with Gasteiger partial charge in [-0.3, -0.25) is 4.79 Å². The highest BCUT2D eigenvalue weighted by Gasteiger charge is 2.36. The van der Waals surface area contributed by atoms with E-state index in [1.807, 2.05) is 6.07 Å². The monoisotopic (exact) mass is 287 g/mol. The van der Waals surface area contributed by atoms with Crippen molar-refractivity contribution in [3.63, 3.8) is 0 Å². The van der Waals surface area contributed by atoms with E-state index in [1.165, 1.54) is 24.7 Å². The van der Waals surface area contributed by atoms with Crippen LogP contribution >= 0.6 is 0 Å². The molecule has 1 aromatic rings. The Morgan fingerprint density at radius 1 is 1.14 bits per heavy atom. The Hall–Kier alpha value is -1.97. The SMILES string of the molecule is O=C(NCC1(c2ccccc2)CCCC1)C1=COCCO1. The molecule has 4 nitrogen and oxygen atoms in total. The van der Waals surface area contributed by atoms with Gasteiger partial charge in [0.25, 0.3) is 5.91 Å². The summed E-state index contributed by atoms with van der Waals surface area (Å²) < 4.78 is 10.5. The second-order valence-electron chi connectivity index (χ2n) is 5.74. The van der Waals surface area contributed by atoms with Crippen LogP contribution in [0.4, 0.5) is 0 Å². The van der Waals surface area contributed by atoms with Crippen molar-refractivity contribution in [3.05, 3.63) is 47.9 Å². The Kier molecular flexibility index (Phi) is 4.13. The van der Waals surface area contributed by atoms with Gasteiger partial charge in [-0.2, -0.15) is 0 Å². The first kappa shape index (κ1) is 14.0. The number of nitrogens with one attached hydrogen (secondary N) is 1. The van der Waals surface area contributed by atoms with E-state index >= 15 is 0 Å². The zero-order valence-electron chi connectivity index (χ0n) is 12.1. The molecule has 3 rings (SSSR count). The van der Waals surface area contributed by atoms with Gasteiger partial charge in [-0.15, -0.1) is 0 Å². The minimum absolute atomic E-state index is 0.0625. The Morgan fingerprint density at radius 2 is 1.90 bits per heavy atom. The molecule has 1 fully saturated rings. The maximum Gasteiger partial charge on any atom is 0.289 e. The molecule has 1 saturated carbocycles. The van der Waals surface area contributed by atoms with Crippen molar-refractivity contribution < 1.29 is 14.3 Å². The summed E-state index contributed by atoms with van der Waals surface area (Å²) in [6, 6.07) is 10.5. The summed E-state index contributed by atoms with van der Waals surface area (Å²) in [5, 5.41) is 3.02. The van der Waals surface area contributed by atoms with Crippen molar-refractivity contribution >= 4 is 5.91 Å². The topological polar surface area (TPSA) is 47.6 Å². The zero-order valence-corrected chi connectivity index (χ0v) is 12.1. The second kappa shape index (κ2) is 6.20. The van der Waals surface area contributed by atoms with Crippen LogP contribution in [-0.2, 0) is 19.7 Å². The molecule has 0 saturated heterocycles. The first-order valence-corrected chi connectivity index (χ1v) is 7.58. The largest absolute Gasteiger partial charge is 0.494 e. The van der Waals surface area contributed by atoms with Crippen LogP contribution in [0, 0.1) is 0 Å². The van der Waals surface area contributed by atoms with Crippen molar-refractivity contribution in [2.75, 3.05) is 19.8 Å². The number of hydrogen-bond acceptors (Lipinski definition) is 3. The van der Waals surface area contributed by atoms with Crippen LogP contribution in [0.2, 0.25) is 0 Å². The number of amides is 1. The van der Waals surface area contributed by atoms with E-state index in [0.717, 1.165) is 12.8 Å². The first-order valence-electron chi connectivity index (χ1n) is 7.58. The lowest BCUT2D eigenvalue weighted by Gasteiger charge is -2.30. The van der Waals surface area contributed by atoms with Gasteiger partial charge in [0.2, 0.25) is 5.76 Å². The van der Waals surface area contributed by atoms with Crippen molar-refractivity contribution in [3.8, 4) is 0 Å². The molecule has 0 aromatic heterocycles. The van der Waals surface area contributed by atoms with E-state index in [9.17, 15) is 4.79 Å². The summed E-state index contributed by atoms with van der Waals surface area (Å²) in [4.78, 5) is 12.1. The lowest BCUT2D eigenvalue weighted by molar-refractivity contribution is -0.122. The third kappa shape index (κ3) is 3.04. The Balaban J connectivity index is 1.69. The number of ether oxygens (including phenoxy) is 2. The van der Waals surface area contributed by atoms with Gasteiger partial charge >= 0.3 is 0 Å². The average Bonchev–Trinajstić information content (AvgIpc) is 3.04. The molecular formula is C17H21NO3. The molecule has 2 aliphatic rings. The zero-order chi connectivity index (χ0) is 14.5. The van der Waals surface area contributed by atoms with Crippen LogP contribution in [0.1, 0.15) is 31.2 Å². The van der Waals surface area contributed by atoms with E-state index < -0.39 is 0 Å². The molecular weight excluding hydrogens is 266 g/mol. The van der Waals surface area contributed by atoms with Gasteiger partial charge in [0.1, 0.15) is 19.5 Å². The number of carbonyl (C=O) groups excluding carboxylic acids is 1. The molecule has 0 unspecified atom stereocenters. The molecule has 1 aliphatic heterocycles. The van der Waals surface area contributed by atoms with E-state index in [1.54, 1.807) is 0 Å². The van der Waals surface area contributed by atoms with Gasteiger partial charge in [-0.05, 0) is 18.4 Å². The van der Waals surface area contributed by atoms with E-state index in [-0.39, 0.29) is 17.1 Å². The standard InChI is InChI=1S/C17H21NO3/c19-16(15-12-20-10-11-21-15)18-13-17(8-4-5-9-17)14-6-2-1-3-7-14/h1-3,6-7,12H,4-5,8-11,13H2,(H,18,19). The van der Waals surface area contributed by atoms with Gasteiger partial charge in [-0.1, -0.05) is 43.2 Å². The third-order valence-electron chi connectivity index (χ3n) is 4.41. The summed E-state index contributed by atoms with van der Waals surface area (Å²) in [6.07, 6.45) is 6.07. The molecule has 1 heterocycles. The lowest BCUT2D eigenvalue weighted by atomic mass is 9.79. The highest BCUT2D eigenvalue weighted by molar-refractivity contribution is 5.91. The van der Waals surface area contributed by atoms with E-state index in [2.05, 4.69) is 29.6 Å². The fraction of sp³-hybridized carbons (Fsp3) is 0.471. The third-order valence-corrected chi connectivity index (χ3v) is 4.41. The normalized spacial score (nSPS) is 20.1. The molecule has 0 spiro atoms. The molecule has 1 aromatic carbocycles. The van der Waals surface area contributed by atoms with Crippen LogP contribution in [-0.4, -0.2) is 25.7 Å². The summed E-state index contributed by atoms with van der Waals surface area (Å²) in [5.41, 5.74) is 1.38. The van der Waals surface area contributed by atoms with Crippen LogP contribution < -0.4 is 5.32 Å². The van der Waals surface area contributed by atoms with Crippen molar-refractivity contribution in [2.24, 2.45) is 0 Å². The Labute approximate surface area is 125 Å². The fourth-order valence-electron chi connectivity index (χ4n) is 3.24. The number of hydrogen-bond donors (Lipinski definition) is 1. The molecule has 1 amide bonds. The average molecular weight is 287 g/mol. The highest BCUT2D eigenvalue weighted by Crippen LogP contribution is 2.40. The molecule has 0 atom stereocenters. The second-order valence-corrected chi connectivity index (χ2v) is 5.74. The quantitative estimate of drug-likeness (QED) is 0.925. The molecule has 4 heteroatoms. The van der Waals surface area contributed by atoms with E-state index in [4.69, 9.17) is 9.47 Å². The van der Waals surface area contributed by atoms with Crippen LogP contribution in [0.3, 0.4) is 0 Å². The van der Waals surface area contributed by atoms with Gasteiger partial charge in [0.05, 0.1) is 0 Å². The predicted octanol–water partition coefficient (Wildman–Crippen LogP) is 2.50. The van der Waals surface area contributed by atoms with Crippen molar-refractivity contribution in [2.45, 2.75) is 31.1 Å². The van der Waals surface area contributed by atoms with Crippen molar-refractivity contribution in [1.82, 2.24) is 5.32 Å². The first-order chi connectivity index (χ1) is 10.3. The molecule has 0 bridgehead atoms. The predicted molar refractivity (Wildman–Crippen MR) is 79.6 cm³/mol. The summed E-state index contributed by atoms with van der Waals surface area (Å²) in [5.74, 6) is 0.0966. The van der Waals surface area contributed by atoms with Gasteiger partial charge in [0.15, 0.2) is 0 Å². The van der Waals surface area contributed by atoms with Crippen LogP contribution in [0.25, 0.3) is 0 Å². The molecule has 1 N–H and O–H groups in total. The van der Waals surface area contributed by atoms with Crippen LogP contribution in [0.15, 0.2) is 42.4 Å². The van der Waals surface area contributed by atoms with Gasteiger partial charge in [0, 0.05) is 12.0 Å². The molecule has 112 valence electrons. The molecule has 0 radical (unpaired) electrons. The molecule has 1 aliphatic carbocycles. The number of rotatable bonds is 4. The maximum absolute atomic E-state index is 12.1. The minimum atomic E-state index is -0.183. The Morgan fingerprint density at radius 3 is 2.57 bits per heavy atom. The Bertz CT molecular complexity index is 518. The highest BCUT2D eigenvalue weighted by atomic mass is 16.6. The lowest BCUT2D eigenvalue weighted by Crippen LogP contribution is -2.40. The summed E-state index contributed by atoms with van der Waals surface area (Å²) in [7, 11) is 0. The fourth-order valence-corrected chi connectivity index (χ4v) is 3.24. The van der Waals surface area contributed by atoms with Gasteiger partial charge in [-0.25, -0.2) is 0 Å². The summed E-state index contributed by atoms with van der Waals surface area (Å²) >= 11 is 0. The minimum Gasteiger partial charge on any atom is -0.494 e. The van der Waals surface area contributed by atoms with E-state index in [0.29, 0.717) is 19.8 Å². The van der Waals surface area contributed by atoms with Gasteiger partial charge < -0.3 is 14.8 Å². The maximum atomic E-state index is 12.1. The van der Waals surface area contributed by atoms with Crippen molar-refractivity contribution in [1.29, 1.82) is 0 Å². The number of benzene rings is 1. The molecule has 21 heavy (non-hydrogen) atoms. The smallest absolute Gasteiger partial charge is 0.289 e. The number of carbonyl (C=O) groups is 1.